The van der Waals surface area contributed by atoms with Crippen molar-refractivity contribution in [1.29, 1.82) is 0 Å². The molecule has 0 aliphatic carbocycles. The average Bonchev–Trinajstić information content (AvgIpc) is 3.51. The summed E-state index contributed by atoms with van der Waals surface area (Å²) in [5.74, 6) is 0.308. The van der Waals surface area contributed by atoms with Crippen LogP contribution in [0.3, 0.4) is 0 Å². The molecule has 0 radical (unpaired) electrons. The Kier molecular flexibility index (Phi) is 10.6. The zero-order chi connectivity index (χ0) is 38.1. The Morgan fingerprint density at radius 1 is 0.945 bits per heavy atom. The van der Waals surface area contributed by atoms with Gasteiger partial charge in [0.15, 0.2) is 0 Å². The Hall–Kier alpha value is -5.27. The number of thiazole rings is 1. The van der Waals surface area contributed by atoms with Crippen molar-refractivity contribution in [3.8, 4) is 16.9 Å². The summed E-state index contributed by atoms with van der Waals surface area (Å²) in [5, 5.41) is 35.6. The van der Waals surface area contributed by atoms with Gasteiger partial charge in [0, 0.05) is 43.2 Å². The Morgan fingerprint density at radius 2 is 1.75 bits per heavy atom. The number of aliphatic hydroxyl groups excluding tert-OH is 1. The SMILES string of the molecule is O=C(O)N(c1cc(CCCCn2c(=O)sc3cc(CNC[C@H](O)c4ccc(O)c5[nH]c(=O)ccc45)ccc32)ccc1-c1ccccc1)[C@H]1CN2CCC1CC2. The van der Waals surface area contributed by atoms with Gasteiger partial charge in [-0.25, -0.2) is 4.79 Å². The number of unbranched alkanes of at least 4 members (excludes halogenated alkanes) is 1. The van der Waals surface area contributed by atoms with Crippen LogP contribution < -0.4 is 20.6 Å². The first kappa shape index (κ1) is 36.7. The molecular weight excluding hydrogens is 715 g/mol. The van der Waals surface area contributed by atoms with E-state index in [4.69, 9.17) is 0 Å². The van der Waals surface area contributed by atoms with E-state index in [1.807, 2.05) is 53.1 Å². The molecule has 1 amide bonds. The predicted octanol–water partition coefficient (Wildman–Crippen LogP) is 6.70. The van der Waals surface area contributed by atoms with Crippen molar-refractivity contribution in [3.05, 3.63) is 128 Å². The number of nitrogens with one attached hydrogen (secondary N) is 2. The quantitative estimate of drug-likeness (QED) is 0.0817. The number of phenols is 1. The first-order valence-electron chi connectivity index (χ1n) is 19.0. The zero-order valence-corrected chi connectivity index (χ0v) is 31.3. The number of aliphatic hydroxyl groups is 1. The van der Waals surface area contributed by atoms with Crippen molar-refractivity contribution in [2.45, 2.75) is 57.3 Å². The van der Waals surface area contributed by atoms with Gasteiger partial charge in [0.1, 0.15) is 5.75 Å². The topological polar surface area (TPSA) is 151 Å². The van der Waals surface area contributed by atoms with Crippen molar-refractivity contribution < 1.29 is 20.1 Å². The van der Waals surface area contributed by atoms with E-state index < -0.39 is 12.2 Å². The molecule has 3 aliphatic heterocycles. The van der Waals surface area contributed by atoms with Crippen molar-refractivity contribution in [2.75, 3.05) is 31.1 Å². The number of nitrogens with zero attached hydrogens (tertiary/aromatic N) is 3. The minimum absolute atomic E-state index is 0.00287. The average molecular weight is 760 g/mol. The van der Waals surface area contributed by atoms with Gasteiger partial charge < -0.3 is 30.5 Å². The van der Waals surface area contributed by atoms with Crippen LogP contribution in [0.5, 0.6) is 5.75 Å². The highest BCUT2D eigenvalue weighted by atomic mass is 32.1. The molecule has 0 spiro atoms. The number of carbonyl (C=O) groups is 1. The van der Waals surface area contributed by atoms with Gasteiger partial charge in [-0.2, -0.15) is 0 Å². The Labute approximate surface area is 322 Å². The molecule has 11 nitrogen and oxygen atoms in total. The third-order valence-electron chi connectivity index (χ3n) is 11.3. The number of benzene rings is 4. The molecule has 2 bridgehead atoms. The number of carboxylic acid groups (broad SMARTS) is 1. The van der Waals surface area contributed by atoms with Gasteiger partial charge in [-0.3, -0.25) is 19.1 Å². The fourth-order valence-corrected chi connectivity index (χ4v) is 9.47. The van der Waals surface area contributed by atoms with Crippen molar-refractivity contribution in [3.63, 3.8) is 0 Å². The molecule has 2 aromatic heterocycles. The summed E-state index contributed by atoms with van der Waals surface area (Å²) in [7, 11) is 0. The molecule has 9 rings (SSSR count). The van der Waals surface area contributed by atoms with Crippen LogP contribution in [0.1, 0.15) is 48.5 Å². The van der Waals surface area contributed by atoms with Crippen LogP contribution in [0.4, 0.5) is 10.5 Å². The van der Waals surface area contributed by atoms with Crippen molar-refractivity contribution in [2.24, 2.45) is 5.92 Å². The van der Waals surface area contributed by atoms with Gasteiger partial charge in [-0.1, -0.05) is 65.9 Å². The monoisotopic (exact) mass is 759 g/mol. The van der Waals surface area contributed by atoms with Crippen LogP contribution in [0, 0.1) is 5.92 Å². The lowest BCUT2D eigenvalue weighted by molar-refractivity contribution is 0.0837. The number of aryl methyl sites for hydroxylation is 2. The fourth-order valence-electron chi connectivity index (χ4n) is 8.49. The summed E-state index contributed by atoms with van der Waals surface area (Å²) in [4.78, 5) is 44.5. The third-order valence-corrected chi connectivity index (χ3v) is 12.3. The largest absolute Gasteiger partial charge is 0.506 e. The number of piperidine rings is 3. The first-order chi connectivity index (χ1) is 26.7. The predicted molar refractivity (Wildman–Crippen MR) is 217 cm³/mol. The maximum atomic E-state index is 13.1. The van der Waals surface area contributed by atoms with Crippen LogP contribution in [0.25, 0.3) is 32.2 Å². The molecule has 0 unspecified atom stereocenters. The third kappa shape index (κ3) is 7.68. The standard InChI is InChI=1S/C43H45N5O6S/c49-37-15-12-32(33-13-16-40(51)45-41(33)37)38(50)25-44-24-28-10-14-34-39(23-28)55-43(54)47(34)19-5-4-6-27-9-11-31(29-7-2-1-3-8-29)35(22-27)48(42(52)53)36-26-46-20-17-30(36)18-21-46/h1-3,7-16,22-23,30,36,38,44,49-50H,4-6,17-21,24-26H2,(H,45,51)(H,52,53)/t36-,38-/m0/s1. The second kappa shape index (κ2) is 15.8. The highest BCUT2D eigenvalue weighted by Crippen LogP contribution is 2.39. The van der Waals surface area contributed by atoms with Gasteiger partial charge in [-0.15, -0.1) is 0 Å². The minimum Gasteiger partial charge on any atom is -0.506 e. The Bertz CT molecular complexity index is 2450. The number of pyridine rings is 1. The number of aromatic amines is 1. The maximum absolute atomic E-state index is 13.1. The second-order valence-corrected chi connectivity index (χ2v) is 15.8. The van der Waals surface area contributed by atoms with Crippen molar-refractivity contribution >= 4 is 44.2 Å². The van der Waals surface area contributed by atoms with Crippen LogP contribution >= 0.6 is 11.3 Å². The molecule has 4 aromatic carbocycles. The van der Waals surface area contributed by atoms with Gasteiger partial charge in [-0.05, 0) is 104 Å². The first-order valence-corrected chi connectivity index (χ1v) is 19.8. The fraction of sp³-hybridized carbons (Fsp3) is 0.326. The number of fused-ring (bicyclic) bond motifs is 5. The molecule has 284 valence electrons. The number of rotatable bonds is 13. The Balaban J connectivity index is 0.914. The smallest absolute Gasteiger partial charge is 0.412 e. The van der Waals surface area contributed by atoms with E-state index in [0.29, 0.717) is 35.5 Å². The van der Waals surface area contributed by atoms with E-state index in [2.05, 4.69) is 33.4 Å². The number of H-pyrrole nitrogens is 1. The van der Waals surface area contributed by atoms with E-state index in [0.717, 1.165) is 89.9 Å². The molecule has 3 fully saturated rings. The number of phenolic OH excluding ortho intramolecular Hbond substituents is 1. The molecule has 3 aliphatic rings. The zero-order valence-electron chi connectivity index (χ0n) is 30.5. The Morgan fingerprint density at radius 3 is 2.51 bits per heavy atom. The van der Waals surface area contributed by atoms with E-state index in [1.54, 1.807) is 17.0 Å². The summed E-state index contributed by atoms with van der Waals surface area (Å²) in [6.45, 7) is 4.17. The van der Waals surface area contributed by atoms with Crippen LogP contribution in [0.2, 0.25) is 0 Å². The van der Waals surface area contributed by atoms with E-state index >= 15 is 0 Å². The van der Waals surface area contributed by atoms with E-state index in [-0.39, 0.29) is 28.8 Å². The number of anilines is 1. The van der Waals surface area contributed by atoms with Gasteiger partial charge in [0.05, 0.1) is 33.6 Å². The van der Waals surface area contributed by atoms with E-state index in [9.17, 15) is 29.7 Å². The highest BCUT2D eigenvalue weighted by molar-refractivity contribution is 7.16. The molecular formula is C43H45N5O6S. The normalized spacial score (nSPS) is 18.5. The summed E-state index contributed by atoms with van der Waals surface area (Å²) >= 11 is 1.23. The van der Waals surface area contributed by atoms with Crippen LogP contribution in [0.15, 0.2) is 101 Å². The highest BCUT2D eigenvalue weighted by Gasteiger charge is 2.41. The summed E-state index contributed by atoms with van der Waals surface area (Å²) in [5.41, 5.74) is 6.20. The lowest BCUT2D eigenvalue weighted by Crippen LogP contribution is -2.59. The number of amides is 1. The number of aromatic hydroxyl groups is 1. The van der Waals surface area contributed by atoms with Gasteiger partial charge in [0.2, 0.25) is 5.56 Å². The van der Waals surface area contributed by atoms with Gasteiger partial charge in [0.25, 0.3) is 0 Å². The minimum atomic E-state index is -0.907. The molecule has 3 saturated heterocycles. The van der Waals surface area contributed by atoms with Gasteiger partial charge >= 0.3 is 11.0 Å². The van der Waals surface area contributed by atoms with Crippen molar-refractivity contribution in [1.82, 2.24) is 19.8 Å². The number of hydrogen-bond donors (Lipinski definition) is 5. The molecule has 5 heterocycles. The summed E-state index contributed by atoms with van der Waals surface area (Å²) in [6.07, 6.45) is 2.69. The number of hydrogen-bond acceptors (Lipinski definition) is 8. The lowest BCUT2D eigenvalue weighted by atomic mass is 9.82. The number of aromatic nitrogens is 2. The molecule has 55 heavy (non-hydrogen) atoms. The molecule has 0 saturated carbocycles. The molecule has 2 atom stereocenters. The molecule has 6 aromatic rings. The molecule has 12 heteroatoms. The van der Waals surface area contributed by atoms with E-state index in [1.165, 1.54) is 23.5 Å². The summed E-state index contributed by atoms with van der Waals surface area (Å²) < 4.78 is 2.74. The lowest BCUT2D eigenvalue weighted by Gasteiger charge is -2.48. The summed E-state index contributed by atoms with van der Waals surface area (Å²) in [6, 6.07) is 28.3. The maximum Gasteiger partial charge on any atom is 0.412 e. The second-order valence-electron chi connectivity index (χ2n) is 14.8. The van der Waals surface area contributed by atoms with Crippen LogP contribution in [-0.2, 0) is 19.5 Å². The molecule has 5 N–H and O–H groups in total. The van der Waals surface area contributed by atoms with Crippen LogP contribution in [-0.4, -0.2) is 68.1 Å².